The number of nitrogens with two attached hydrogens (primary N) is 1. The highest BCUT2D eigenvalue weighted by Crippen LogP contribution is 2.25. The van der Waals surface area contributed by atoms with Crippen LogP contribution in [0.2, 0.25) is 0 Å². The molecule has 8 nitrogen and oxygen atoms in total. The number of carboxylic acids is 1. The molecule has 0 saturated heterocycles. The van der Waals surface area contributed by atoms with E-state index in [4.69, 9.17) is 15.3 Å². The minimum absolute atomic E-state index is 0.0220. The van der Waals surface area contributed by atoms with Gasteiger partial charge in [-0.2, -0.15) is 0 Å². The molecule has 0 radical (unpaired) electrons. The maximum absolute atomic E-state index is 12.1. The number of amides is 1. The average Bonchev–Trinajstić information content (AvgIpc) is 2.60. The predicted octanol–water partition coefficient (Wildman–Crippen LogP) is 1.66. The third kappa shape index (κ3) is 6.07. The van der Waals surface area contributed by atoms with E-state index in [0.29, 0.717) is 43.6 Å². The van der Waals surface area contributed by atoms with Crippen molar-refractivity contribution in [2.45, 2.75) is 39.5 Å². The average molecular weight is 352 g/mol. The van der Waals surface area contributed by atoms with E-state index >= 15 is 0 Å². The number of carbonyl (C=O) groups is 3. The van der Waals surface area contributed by atoms with Crippen molar-refractivity contribution in [3.8, 4) is 5.75 Å². The molecule has 0 atom stereocenters. The van der Waals surface area contributed by atoms with Crippen LogP contribution >= 0.6 is 0 Å². The first-order valence-corrected chi connectivity index (χ1v) is 8.14. The van der Waals surface area contributed by atoms with Crippen molar-refractivity contribution in [3.05, 3.63) is 28.8 Å². The maximum Gasteiger partial charge on any atom is 0.339 e. The third-order valence-electron chi connectivity index (χ3n) is 3.51. The van der Waals surface area contributed by atoms with Gasteiger partial charge >= 0.3 is 11.9 Å². The Hall–Kier alpha value is -2.61. The van der Waals surface area contributed by atoms with E-state index in [1.807, 2.05) is 0 Å². The number of hydrogen-bond donors (Lipinski definition) is 3. The molecule has 0 spiro atoms. The summed E-state index contributed by atoms with van der Waals surface area (Å²) in [7, 11) is 0. The minimum Gasteiger partial charge on any atom is -0.494 e. The molecule has 25 heavy (non-hydrogen) atoms. The van der Waals surface area contributed by atoms with Gasteiger partial charge in [0, 0.05) is 6.42 Å². The molecule has 0 aliphatic rings. The van der Waals surface area contributed by atoms with Crippen LogP contribution in [0.25, 0.3) is 0 Å². The highest BCUT2D eigenvalue weighted by molar-refractivity contribution is 6.04. The van der Waals surface area contributed by atoms with Gasteiger partial charge in [0.15, 0.2) is 0 Å². The number of benzene rings is 1. The Morgan fingerprint density at radius 3 is 2.48 bits per heavy atom. The van der Waals surface area contributed by atoms with Crippen molar-refractivity contribution in [2.24, 2.45) is 5.84 Å². The molecule has 1 rings (SSSR count). The number of unbranched alkanes of at least 4 members (excludes halogenated alkanes) is 1. The molecule has 1 aromatic carbocycles. The van der Waals surface area contributed by atoms with Gasteiger partial charge < -0.3 is 14.6 Å². The predicted molar refractivity (Wildman–Crippen MR) is 90.4 cm³/mol. The molecule has 4 N–H and O–H groups in total. The molecular formula is C17H24N2O6. The zero-order chi connectivity index (χ0) is 18.8. The molecule has 0 aromatic heterocycles. The number of hydrogen-bond acceptors (Lipinski definition) is 6. The van der Waals surface area contributed by atoms with Crippen LogP contribution in [0.5, 0.6) is 5.75 Å². The molecule has 1 amide bonds. The van der Waals surface area contributed by atoms with Crippen LogP contribution in [-0.4, -0.2) is 36.2 Å². The zero-order valence-corrected chi connectivity index (χ0v) is 14.5. The Morgan fingerprint density at radius 1 is 1.20 bits per heavy atom. The fraction of sp³-hybridized carbons (Fsp3) is 0.471. The number of aryl methyl sites for hydroxylation is 1. The third-order valence-corrected chi connectivity index (χ3v) is 3.51. The fourth-order valence-electron chi connectivity index (χ4n) is 2.31. The molecule has 0 aliphatic carbocycles. The summed E-state index contributed by atoms with van der Waals surface area (Å²) in [5, 5.41) is 9.41. The largest absolute Gasteiger partial charge is 0.494 e. The first-order valence-electron chi connectivity index (χ1n) is 8.14. The molecule has 8 heteroatoms. The number of hydrazine groups is 1. The zero-order valence-electron chi connectivity index (χ0n) is 14.5. The smallest absolute Gasteiger partial charge is 0.339 e. The summed E-state index contributed by atoms with van der Waals surface area (Å²) >= 11 is 0. The maximum atomic E-state index is 12.1. The summed E-state index contributed by atoms with van der Waals surface area (Å²) in [4.78, 5) is 34.6. The van der Waals surface area contributed by atoms with E-state index < -0.39 is 11.9 Å². The highest BCUT2D eigenvalue weighted by Gasteiger charge is 2.22. The second-order valence-electron chi connectivity index (χ2n) is 5.26. The molecular weight excluding hydrogens is 328 g/mol. The van der Waals surface area contributed by atoms with Gasteiger partial charge in [-0.05, 0) is 43.9 Å². The van der Waals surface area contributed by atoms with Crippen LogP contribution in [-0.2, 0) is 16.0 Å². The van der Waals surface area contributed by atoms with Gasteiger partial charge in [-0.15, -0.1) is 0 Å². The van der Waals surface area contributed by atoms with Crippen molar-refractivity contribution >= 4 is 17.8 Å². The van der Waals surface area contributed by atoms with Crippen LogP contribution in [0.4, 0.5) is 0 Å². The summed E-state index contributed by atoms with van der Waals surface area (Å²) < 4.78 is 10.5. The van der Waals surface area contributed by atoms with Crippen LogP contribution < -0.4 is 16.0 Å². The molecule has 0 saturated carbocycles. The molecule has 0 aliphatic heterocycles. The first kappa shape index (κ1) is 20.4. The Bertz CT molecular complexity index is 630. The summed E-state index contributed by atoms with van der Waals surface area (Å²) in [6.45, 7) is 3.92. The molecule has 1 aromatic rings. The molecule has 0 heterocycles. The topological polar surface area (TPSA) is 128 Å². The Balaban J connectivity index is 2.90. The van der Waals surface area contributed by atoms with Crippen LogP contribution in [0.3, 0.4) is 0 Å². The van der Waals surface area contributed by atoms with Gasteiger partial charge in [0.25, 0.3) is 0 Å². The van der Waals surface area contributed by atoms with Gasteiger partial charge in [0.1, 0.15) is 5.75 Å². The molecule has 0 bridgehead atoms. The number of carboxylic acid groups (broad SMARTS) is 1. The minimum atomic E-state index is -1.18. The van der Waals surface area contributed by atoms with E-state index in [9.17, 15) is 19.5 Å². The van der Waals surface area contributed by atoms with E-state index in [1.165, 1.54) is 6.07 Å². The van der Waals surface area contributed by atoms with Gasteiger partial charge in [-0.25, -0.2) is 15.4 Å². The van der Waals surface area contributed by atoms with Crippen molar-refractivity contribution in [2.75, 3.05) is 13.2 Å². The number of carbonyl (C=O) groups excluding carboxylic acids is 2. The van der Waals surface area contributed by atoms with Gasteiger partial charge in [0.05, 0.1) is 24.3 Å². The second-order valence-corrected chi connectivity index (χ2v) is 5.26. The van der Waals surface area contributed by atoms with E-state index in [-0.39, 0.29) is 23.6 Å². The fourth-order valence-corrected chi connectivity index (χ4v) is 2.31. The second kappa shape index (κ2) is 10.3. The van der Waals surface area contributed by atoms with Crippen molar-refractivity contribution in [1.29, 1.82) is 0 Å². The molecule has 0 unspecified atom stereocenters. The van der Waals surface area contributed by atoms with Crippen molar-refractivity contribution < 1.29 is 29.0 Å². The summed E-state index contributed by atoms with van der Waals surface area (Å²) in [6.07, 6.45) is 1.94. The number of esters is 1. The summed E-state index contributed by atoms with van der Waals surface area (Å²) in [5.41, 5.74) is 2.46. The lowest BCUT2D eigenvalue weighted by atomic mass is 9.98. The summed E-state index contributed by atoms with van der Waals surface area (Å²) in [6, 6.07) is 2.99. The number of nitrogens with one attached hydrogen (secondary N) is 1. The monoisotopic (exact) mass is 352 g/mol. The van der Waals surface area contributed by atoms with Gasteiger partial charge in [-0.1, -0.05) is 6.92 Å². The van der Waals surface area contributed by atoms with Gasteiger partial charge in [-0.3, -0.25) is 10.2 Å². The number of ether oxygens (including phenoxy) is 2. The quantitative estimate of drug-likeness (QED) is 0.192. The van der Waals surface area contributed by atoms with E-state index in [1.54, 1.807) is 19.9 Å². The Labute approximate surface area is 146 Å². The lowest BCUT2D eigenvalue weighted by molar-refractivity contribution is -0.121. The van der Waals surface area contributed by atoms with Crippen molar-refractivity contribution in [3.63, 3.8) is 0 Å². The number of rotatable bonds is 10. The standard InChI is InChI=1S/C17H24N2O6/c1-3-11-9-12(25-8-6-5-7-14(20)19-18)10-13(15(11)16(21)22)17(23)24-4-2/h9-10H,3-8,18H2,1-2H3,(H,19,20)(H,21,22). The van der Waals surface area contributed by atoms with Crippen LogP contribution in [0.1, 0.15) is 59.4 Å². The molecule has 138 valence electrons. The lowest BCUT2D eigenvalue weighted by Crippen LogP contribution is -2.29. The number of aromatic carboxylic acids is 1. The summed E-state index contributed by atoms with van der Waals surface area (Å²) in [5.74, 6) is 3.27. The highest BCUT2D eigenvalue weighted by atomic mass is 16.5. The molecule has 0 fully saturated rings. The van der Waals surface area contributed by atoms with Crippen LogP contribution in [0, 0.1) is 0 Å². The normalized spacial score (nSPS) is 10.2. The van der Waals surface area contributed by atoms with Crippen LogP contribution in [0.15, 0.2) is 12.1 Å². The Kier molecular flexibility index (Phi) is 8.42. The van der Waals surface area contributed by atoms with Crippen molar-refractivity contribution in [1.82, 2.24) is 5.43 Å². The first-order chi connectivity index (χ1) is 11.9. The van der Waals surface area contributed by atoms with Gasteiger partial charge in [0.2, 0.25) is 5.91 Å². The van der Waals surface area contributed by atoms with E-state index in [2.05, 4.69) is 5.43 Å². The van der Waals surface area contributed by atoms with E-state index in [0.717, 1.165) is 0 Å². The SMILES string of the molecule is CCOC(=O)c1cc(OCCCCC(=O)NN)cc(CC)c1C(=O)O. The Morgan fingerprint density at radius 2 is 1.92 bits per heavy atom. The lowest BCUT2D eigenvalue weighted by Gasteiger charge is -2.14.